The van der Waals surface area contributed by atoms with E-state index in [0.717, 1.165) is 10.9 Å². The van der Waals surface area contributed by atoms with Crippen LogP contribution in [0.25, 0.3) is 0 Å². The van der Waals surface area contributed by atoms with Crippen LogP contribution in [-0.2, 0) is 9.59 Å². The molecule has 0 bridgehead atoms. The van der Waals surface area contributed by atoms with E-state index in [2.05, 4.69) is 26.6 Å². The number of benzene rings is 1. The molecule has 0 aliphatic heterocycles. The highest BCUT2D eigenvalue weighted by Crippen LogP contribution is 2.47. The third kappa shape index (κ3) is 3.60. The SMILES string of the molecule is CCNC(=O)[C@H](C)NC(=O)[C@@H]1C[C@@H]1c1ccc(Br)cc1. The Bertz CT molecular complexity index is 501. The number of halogens is 1. The van der Waals surface area contributed by atoms with Crippen LogP contribution < -0.4 is 10.6 Å². The summed E-state index contributed by atoms with van der Waals surface area (Å²) in [5.74, 6) is 0.107. The van der Waals surface area contributed by atoms with Crippen LogP contribution in [0.4, 0.5) is 0 Å². The van der Waals surface area contributed by atoms with Gasteiger partial charge in [0.1, 0.15) is 6.04 Å². The molecule has 20 heavy (non-hydrogen) atoms. The van der Waals surface area contributed by atoms with Gasteiger partial charge in [0.05, 0.1) is 0 Å². The maximum atomic E-state index is 12.1. The van der Waals surface area contributed by atoms with Crippen LogP contribution in [0, 0.1) is 5.92 Å². The standard InChI is InChI=1S/C15H19BrN2O2/c1-3-17-14(19)9(2)18-15(20)13-8-12(13)10-4-6-11(16)7-5-10/h4-7,9,12-13H,3,8H2,1-2H3,(H,17,19)(H,18,20)/t9-,12+,13+/m0/s1. The largest absolute Gasteiger partial charge is 0.355 e. The Balaban J connectivity index is 1.87. The van der Waals surface area contributed by atoms with E-state index in [1.807, 2.05) is 31.2 Å². The van der Waals surface area contributed by atoms with E-state index >= 15 is 0 Å². The quantitative estimate of drug-likeness (QED) is 0.864. The van der Waals surface area contributed by atoms with E-state index in [0.29, 0.717) is 6.54 Å². The van der Waals surface area contributed by atoms with Crippen LogP contribution in [0.1, 0.15) is 31.7 Å². The summed E-state index contributed by atoms with van der Waals surface area (Å²) in [5.41, 5.74) is 1.18. The van der Waals surface area contributed by atoms with E-state index in [1.54, 1.807) is 6.92 Å². The van der Waals surface area contributed by atoms with Crippen LogP contribution in [-0.4, -0.2) is 24.4 Å². The van der Waals surface area contributed by atoms with Gasteiger partial charge in [-0.1, -0.05) is 28.1 Å². The highest BCUT2D eigenvalue weighted by Gasteiger charge is 2.44. The summed E-state index contributed by atoms with van der Waals surface area (Å²) in [7, 11) is 0. The van der Waals surface area contributed by atoms with Gasteiger partial charge < -0.3 is 10.6 Å². The lowest BCUT2D eigenvalue weighted by atomic mass is 10.1. The first-order valence-corrected chi connectivity index (χ1v) is 7.65. The topological polar surface area (TPSA) is 58.2 Å². The van der Waals surface area contributed by atoms with Crippen molar-refractivity contribution in [1.29, 1.82) is 0 Å². The third-order valence-corrected chi connectivity index (χ3v) is 4.06. The number of nitrogens with one attached hydrogen (secondary N) is 2. The summed E-state index contributed by atoms with van der Waals surface area (Å²) >= 11 is 3.40. The fourth-order valence-corrected chi connectivity index (χ4v) is 2.54. The molecule has 1 saturated carbocycles. The highest BCUT2D eigenvalue weighted by molar-refractivity contribution is 9.10. The lowest BCUT2D eigenvalue weighted by molar-refractivity contribution is -0.129. The summed E-state index contributed by atoms with van der Waals surface area (Å²) in [5, 5.41) is 5.48. The van der Waals surface area contributed by atoms with Crippen molar-refractivity contribution in [2.24, 2.45) is 5.92 Å². The number of hydrogen-bond donors (Lipinski definition) is 2. The molecule has 3 atom stereocenters. The van der Waals surface area contributed by atoms with Crippen LogP contribution in [0.2, 0.25) is 0 Å². The molecule has 1 fully saturated rings. The second kappa shape index (κ2) is 6.39. The summed E-state index contributed by atoms with van der Waals surface area (Å²) in [6, 6.07) is 7.57. The van der Waals surface area contributed by atoms with Crippen molar-refractivity contribution in [3.05, 3.63) is 34.3 Å². The minimum Gasteiger partial charge on any atom is -0.355 e. The highest BCUT2D eigenvalue weighted by atomic mass is 79.9. The predicted molar refractivity (Wildman–Crippen MR) is 81.3 cm³/mol. The van der Waals surface area contributed by atoms with E-state index in [-0.39, 0.29) is 23.7 Å². The molecule has 0 saturated heterocycles. The second-order valence-corrected chi connectivity index (χ2v) is 6.04. The Labute approximate surface area is 127 Å². The van der Waals surface area contributed by atoms with Gasteiger partial charge in [-0.25, -0.2) is 0 Å². The van der Waals surface area contributed by atoms with E-state index < -0.39 is 6.04 Å². The zero-order chi connectivity index (χ0) is 14.7. The summed E-state index contributed by atoms with van der Waals surface area (Å²) in [6.07, 6.45) is 0.857. The fraction of sp³-hybridized carbons (Fsp3) is 0.467. The predicted octanol–water partition coefficient (Wildman–Crippen LogP) is 2.19. The smallest absolute Gasteiger partial charge is 0.242 e. The van der Waals surface area contributed by atoms with Gasteiger partial charge in [0, 0.05) is 16.9 Å². The Morgan fingerprint density at radius 3 is 2.60 bits per heavy atom. The van der Waals surface area contributed by atoms with Crippen molar-refractivity contribution < 1.29 is 9.59 Å². The minimum absolute atomic E-state index is 0.00643. The Hall–Kier alpha value is -1.36. The van der Waals surface area contributed by atoms with Crippen LogP contribution in [0.3, 0.4) is 0 Å². The molecule has 0 radical (unpaired) electrons. The maximum absolute atomic E-state index is 12.1. The number of amides is 2. The molecule has 0 spiro atoms. The van der Waals surface area contributed by atoms with Crippen molar-refractivity contribution in [3.8, 4) is 0 Å². The summed E-state index contributed by atoms with van der Waals surface area (Å²) < 4.78 is 1.03. The van der Waals surface area contributed by atoms with E-state index in [9.17, 15) is 9.59 Å². The minimum atomic E-state index is -0.478. The molecule has 1 aromatic rings. The van der Waals surface area contributed by atoms with Crippen LogP contribution in [0.15, 0.2) is 28.7 Å². The zero-order valence-electron chi connectivity index (χ0n) is 11.7. The van der Waals surface area contributed by atoms with E-state index in [4.69, 9.17) is 0 Å². The molecule has 0 unspecified atom stereocenters. The molecule has 0 aromatic heterocycles. The van der Waals surface area contributed by atoms with Gasteiger partial charge in [0.2, 0.25) is 11.8 Å². The molecule has 0 heterocycles. The number of likely N-dealkylation sites (N-methyl/N-ethyl adjacent to an activating group) is 1. The summed E-state index contributed by atoms with van der Waals surface area (Å²) in [4.78, 5) is 23.7. The fourth-order valence-electron chi connectivity index (χ4n) is 2.28. The molecule has 1 aliphatic rings. The van der Waals surface area contributed by atoms with Crippen molar-refractivity contribution in [1.82, 2.24) is 10.6 Å². The Morgan fingerprint density at radius 2 is 2.00 bits per heavy atom. The molecule has 2 N–H and O–H groups in total. The van der Waals surface area contributed by atoms with Gasteiger partial charge in [0.25, 0.3) is 0 Å². The average Bonchev–Trinajstić information content (AvgIpc) is 3.20. The molecule has 2 amide bonds. The first-order chi connectivity index (χ1) is 9.52. The van der Waals surface area contributed by atoms with Crippen molar-refractivity contribution in [2.75, 3.05) is 6.54 Å². The Morgan fingerprint density at radius 1 is 1.35 bits per heavy atom. The first-order valence-electron chi connectivity index (χ1n) is 6.86. The van der Waals surface area contributed by atoms with Gasteiger partial charge >= 0.3 is 0 Å². The third-order valence-electron chi connectivity index (χ3n) is 3.53. The van der Waals surface area contributed by atoms with Gasteiger partial charge in [-0.2, -0.15) is 0 Å². The van der Waals surface area contributed by atoms with Gasteiger partial charge in [-0.3, -0.25) is 9.59 Å². The van der Waals surface area contributed by atoms with Crippen LogP contribution >= 0.6 is 15.9 Å². The number of carbonyl (C=O) groups excluding carboxylic acids is 2. The lowest BCUT2D eigenvalue weighted by Crippen LogP contribution is -2.45. The molecule has 1 aliphatic carbocycles. The second-order valence-electron chi connectivity index (χ2n) is 5.13. The van der Waals surface area contributed by atoms with Crippen molar-refractivity contribution in [3.63, 3.8) is 0 Å². The number of rotatable bonds is 5. The number of carbonyl (C=O) groups is 2. The van der Waals surface area contributed by atoms with Gasteiger partial charge in [-0.15, -0.1) is 0 Å². The number of hydrogen-bond acceptors (Lipinski definition) is 2. The van der Waals surface area contributed by atoms with Gasteiger partial charge in [0.15, 0.2) is 0 Å². The normalized spacial score (nSPS) is 21.9. The first kappa shape index (κ1) is 15.0. The lowest BCUT2D eigenvalue weighted by Gasteiger charge is -2.13. The molecular weight excluding hydrogens is 320 g/mol. The zero-order valence-corrected chi connectivity index (χ0v) is 13.2. The van der Waals surface area contributed by atoms with Crippen molar-refractivity contribution >= 4 is 27.7 Å². The van der Waals surface area contributed by atoms with Gasteiger partial charge in [-0.05, 0) is 43.9 Å². The molecule has 1 aromatic carbocycles. The van der Waals surface area contributed by atoms with E-state index in [1.165, 1.54) is 5.56 Å². The summed E-state index contributed by atoms with van der Waals surface area (Å²) in [6.45, 7) is 4.14. The molecule has 2 rings (SSSR count). The maximum Gasteiger partial charge on any atom is 0.242 e. The average molecular weight is 339 g/mol. The van der Waals surface area contributed by atoms with Crippen LogP contribution in [0.5, 0.6) is 0 Å². The molecule has 5 heteroatoms. The molecular formula is C15H19BrN2O2. The molecule has 108 valence electrons. The van der Waals surface area contributed by atoms with Crippen molar-refractivity contribution in [2.45, 2.75) is 32.2 Å². The molecule has 4 nitrogen and oxygen atoms in total. The Kier molecular flexibility index (Phi) is 4.81. The monoisotopic (exact) mass is 338 g/mol.